The third-order valence-electron chi connectivity index (χ3n) is 2.52. The van der Waals surface area contributed by atoms with E-state index in [0.717, 1.165) is 12.1 Å². The molecule has 0 heterocycles. The van der Waals surface area contributed by atoms with Crippen LogP contribution in [0.15, 0.2) is 24.3 Å². The standard InChI is InChI=1S/C13H14F3NO4/c1-7(21-9-4-2-8(14)3-5-9)12(18)17-10(13(19)20)6-11(15)16/h2-5,7,10-11H,6H2,1H3,(H,17,18)(H,19,20). The molecule has 0 aliphatic heterocycles. The molecule has 8 heteroatoms. The Balaban J connectivity index is 2.60. The van der Waals surface area contributed by atoms with Crippen molar-refractivity contribution in [1.82, 2.24) is 5.32 Å². The number of ether oxygens (including phenoxy) is 1. The van der Waals surface area contributed by atoms with Crippen LogP contribution in [0, 0.1) is 5.82 Å². The molecule has 0 radical (unpaired) electrons. The SMILES string of the molecule is CC(Oc1ccc(F)cc1)C(=O)NC(CC(F)F)C(=O)O. The Morgan fingerprint density at radius 3 is 2.33 bits per heavy atom. The summed E-state index contributed by atoms with van der Waals surface area (Å²) < 4.78 is 42.3. The monoisotopic (exact) mass is 305 g/mol. The van der Waals surface area contributed by atoms with Gasteiger partial charge in [0.1, 0.15) is 17.6 Å². The number of carbonyl (C=O) groups excluding carboxylic acids is 1. The van der Waals surface area contributed by atoms with Crippen LogP contribution in [0.4, 0.5) is 13.2 Å². The lowest BCUT2D eigenvalue weighted by Gasteiger charge is -2.18. The summed E-state index contributed by atoms with van der Waals surface area (Å²) in [7, 11) is 0. The van der Waals surface area contributed by atoms with Gasteiger partial charge in [-0.1, -0.05) is 0 Å². The van der Waals surface area contributed by atoms with Crippen LogP contribution in [0.2, 0.25) is 0 Å². The number of rotatable bonds is 7. The van der Waals surface area contributed by atoms with E-state index >= 15 is 0 Å². The first kappa shape index (κ1) is 16.8. The van der Waals surface area contributed by atoms with Gasteiger partial charge >= 0.3 is 5.97 Å². The first-order valence-corrected chi connectivity index (χ1v) is 6.03. The number of hydrogen-bond donors (Lipinski definition) is 2. The minimum absolute atomic E-state index is 0.194. The number of hydrogen-bond acceptors (Lipinski definition) is 3. The molecule has 21 heavy (non-hydrogen) atoms. The summed E-state index contributed by atoms with van der Waals surface area (Å²) in [5.74, 6) is -2.70. The molecule has 1 aromatic rings. The Hall–Kier alpha value is -2.25. The Labute approximate surface area is 118 Å². The van der Waals surface area contributed by atoms with Crippen molar-refractivity contribution in [1.29, 1.82) is 0 Å². The maximum Gasteiger partial charge on any atom is 0.326 e. The molecule has 0 aromatic heterocycles. The number of alkyl halides is 2. The third-order valence-corrected chi connectivity index (χ3v) is 2.52. The first-order valence-electron chi connectivity index (χ1n) is 6.03. The van der Waals surface area contributed by atoms with Crippen LogP contribution < -0.4 is 10.1 Å². The van der Waals surface area contributed by atoms with E-state index in [1.165, 1.54) is 19.1 Å². The topological polar surface area (TPSA) is 75.6 Å². The van der Waals surface area contributed by atoms with Gasteiger partial charge in [0.15, 0.2) is 6.10 Å². The molecule has 2 atom stereocenters. The van der Waals surface area contributed by atoms with Crippen molar-refractivity contribution in [2.24, 2.45) is 0 Å². The van der Waals surface area contributed by atoms with Gasteiger partial charge in [0, 0.05) is 6.42 Å². The van der Waals surface area contributed by atoms with Crippen LogP contribution in [0.5, 0.6) is 5.75 Å². The van der Waals surface area contributed by atoms with Crippen molar-refractivity contribution in [3.63, 3.8) is 0 Å². The summed E-state index contributed by atoms with van der Waals surface area (Å²) in [4.78, 5) is 22.5. The summed E-state index contributed by atoms with van der Waals surface area (Å²) in [6.07, 6.45) is -4.97. The summed E-state index contributed by atoms with van der Waals surface area (Å²) in [5, 5.41) is 10.7. The molecule has 1 aromatic carbocycles. The minimum Gasteiger partial charge on any atom is -0.481 e. The lowest BCUT2D eigenvalue weighted by atomic mass is 10.2. The molecular weight excluding hydrogens is 291 g/mol. The lowest BCUT2D eigenvalue weighted by Crippen LogP contribution is -2.47. The number of carboxylic acids is 1. The number of aliphatic carboxylic acids is 1. The molecule has 0 bridgehead atoms. The maximum absolute atomic E-state index is 12.7. The number of amides is 1. The van der Waals surface area contributed by atoms with E-state index in [1.54, 1.807) is 0 Å². The Morgan fingerprint density at radius 1 is 1.29 bits per heavy atom. The fourth-order valence-electron chi connectivity index (χ4n) is 1.46. The summed E-state index contributed by atoms with van der Waals surface area (Å²) in [6, 6.07) is 3.12. The molecule has 0 saturated carbocycles. The van der Waals surface area contributed by atoms with Gasteiger partial charge in [0.05, 0.1) is 0 Å². The zero-order valence-electron chi connectivity index (χ0n) is 11.1. The van der Waals surface area contributed by atoms with E-state index in [0.29, 0.717) is 0 Å². The highest BCUT2D eigenvalue weighted by atomic mass is 19.3. The van der Waals surface area contributed by atoms with Crippen molar-refractivity contribution < 1.29 is 32.6 Å². The molecule has 1 amide bonds. The predicted molar refractivity (Wildman–Crippen MR) is 66.7 cm³/mol. The number of carbonyl (C=O) groups is 2. The van der Waals surface area contributed by atoms with Crippen LogP contribution in [-0.2, 0) is 9.59 Å². The summed E-state index contributed by atoms with van der Waals surface area (Å²) >= 11 is 0. The van der Waals surface area contributed by atoms with Gasteiger partial charge < -0.3 is 15.2 Å². The molecule has 0 aliphatic carbocycles. The lowest BCUT2D eigenvalue weighted by molar-refractivity contribution is -0.144. The highest BCUT2D eigenvalue weighted by Crippen LogP contribution is 2.13. The van der Waals surface area contributed by atoms with E-state index in [4.69, 9.17) is 9.84 Å². The summed E-state index contributed by atoms with van der Waals surface area (Å²) in [6.45, 7) is 1.32. The number of halogens is 3. The molecule has 2 N–H and O–H groups in total. The smallest absolute Gasteiger partial charge is 0.326 e. The Bertz CT molecular complexity index is 493. The van der Waals surface area contributed by atoms with Gasteiger partial charge in [-0.05, 0) is 31.2 Å². The van der Waals surface area contributed by atoms with Crippen LogP contribution in [0.3, 0.4) is 0 Å². The molecule has 0 fully saturated rings. The molecule has 1 rings (SSSR count). The Morgan fingerprint density at radius 2 is 1.86 bits per heavy atom. The van der Waals surface area contributed by atoms with Crippen molar-refractivity contribution in [3.8, 4) is 5.75 Å². The second kappa shape index (κ2) is 7.51. The molecule has 116 valence electrons. The predicted octanol–water partition coefficient (Wildman–Crippen LogP) is 1.82. The molecule has 0 saturated heterocycles. The molecule has 0 aliphatic rings. The van der Waals surface area contributed by atoms with Gasteiger partial charge in [-0.3, -0.25) is 4.79 Å². The average molecular weight is 305 g/mol. The fraction of sp³-hybridized carbons (Fsp3) is 0.385. The van der Waals surface area contributed by atoms with Crippen molar-refractivity contribution in [3.05, 3.63) is 30.1 Å². The van der Waals surface area contributed by atoms with Crippen LogP contribution in [0.1, 0.15) is 13.3 Å². The van der Waals surface area contributed by atoms with Crippen molar-refractivity contribution in [2.75, 3.05) is 0 Å². The highest BCUT2D eigenvalue weighted by Gasteiger charge is 2.26. The van der Waals surface area contributed by atoms with Gasteiger partial charge in [0.2, 0.25) is 6.43 Å². The van der Waals surface area contributed by atoms with Gasteiger partial charge in [-0.15, -0.1) is 0 Å². The van der Waals surface area contributed by atoms with Gasteiger partial charge in [-0.2, -0.15) is 0 Å². The van der Waals surface area contributed by atoms with E-state index in [9.17, 15) is 22.8 Å². The van der Waals surface area contributed by atoms with E-state index in [-0.39, 0.29) is 5.75 Å². The molecular formula is C13H14F3NO4. The maximum atomic E-state index is 12.7. The van der Waals surface area contributed by atoms with Gasteiger partial charge in [-0.25, -0.2) is 18.0 Å². The highest BCUT2D eigenvalue weighted by molar-refractivity contribution is 5.86. The average Bonchev–Trinajstić information content (AvgIpc) is 2.39. The zero-order chi connectivity index (χ0) is 16.0. The number of benzene rings is 1. The largest absolute Gasteiger partial charge is 0.481 e. The molecule has 0 spiro atoms. The number of carboxylic acid groups (broad SMARTS) is 1. The van der Waals surface area contributed by atoms with E-state index in [1.807, 2.05) is 5.32 Å². The van der Waals surface area contributed by atoms with Crippen molar-refractivity contribution >= 4 is 11.9 Å². The third kappa shape index (κ3) is 5.72. The van der Waals surface area contributed by atoms with Crippen molar-refractivity contribution in [2.45, 2.75) is 31.9 Å². The quantitative estimate of drug-likeness (QED) is 0.805. The molecule has 5 nitrogen and oxygen atoms in total. The molecule has 2 unspecified atom stereocenters. The van der Waals surface area contributed by atoms with Crippen LogP contribution in [-0.4, -0.2) is 35.6 Å². The van der Waals surface area contributed by atoms with E-state index < -0.39 is 42.7 Å². The number of nitrogens with one attached hydrogen (secondary N) is 1. The Kier molecular flexibility index (Phi) is 6.01. The van der Waals surface area contributed by atoms with E-state index in [2.05, 4.69) is 0 Å². The first-order chi connectivity index (χ1) is 9.79. The van der Waals surface area contributed by atoms with Crippen LogP contribution >= 0.6 is 0 Å². The minimum atomic E-state index is -2.86. The fourth-order valence-corrected chi connectivity index (χ4v) is 1.46. The zero-order valence-corrected chi connectivity index (χ0v) is 11.1. The van der Waals surface area contributed by atoms with Gasteiger partial charge in [0.25, 0.3) is 5.91 Å². The second-order valence-electron chi connectivity index (χ2n) is 4.24. The normalized spacial score (nSPS) is 13.6. The summed E-state index contributed by atoms with van der Waals surface area (Å²) in [5.41, 5.74) is 0. The second-order valence-corrected chi connectivity index (χ2v) is 4.24. The van der Waals surface area contributed by atoms with Crippen LogP contribution in [0.25, 0.3) is 0 Å².